The van der Waals surface area contributed by atoms with Crippen LogP contribution in [0.1, 0.15) is 43.6 Å². The summed E-state index contributed by atoms with van der Waals surface area (Å²) < 4.78 is 13.5. The number of hydrogen-bond donors (Lipinski definition) is 0. The minimum absolute atomic E-state index is 0.00693. The lowest BCUT2D eigenvalue weighted by molar-refractivity contribution is 0.444. The lowest BCUT2D eigenvalue weighted by atomic mass is 9.33. The topological polar surface area (TPSA) is 32.8 Å². The van der Waals surface area contributed by atoms with E-state index in [9.17, 15) is 0 Å². The minimum atomic E-state index is -0.00693. The van der Waals surface area contributed by atoms with E-state index >= 15 is 0 Å². The molecule has 0 radical (unpaired) electrons. The normalized spacial score (nSPS) is 14.9. The second-order valence-electron chi connectivity index (χ2n) is 16.6. The van der Waals surface area contributed by atoms with E-state index in [-0.39, 0.29) is 6.71 Å². The van der Waals surface area contributed by atoms with Crippen molar-refractivity contribution < 1.29 is 8.83 Å². The average molecular weight is 759 g/mol. The lowest BCUT2D eigenvalue weighted by Gasteiger charge is -2.45. The van der Waals surface area contributed by atoms with Crippen LogP contribution in [-0.4, -0.2) is 6.71 Å². The molecule has 0 saturated heterocycles. The Kier molecular flexibility index (Phi) is 7.15. The Labute approximate surface area is 343 Å². The number of para-hydroxylation sites is 6. The van der Waals surface area contributed by atoms with Crippen molar-refractivity contribution in [3.05, 3.63) is 175 Å². The molecule has 3 aliphatic rings. The maximum absolute atomic E-state index is 6.82. The maximum atomic E-state index is 6.82. The zero-order valence-corrected chi connectivity index (χ0v) is 32.6. The molecule has 4 heterocycles. The van der Waals surface area contributed by atoms with Crippen LogP contribution in [0, 0.1) is 0 Å². The molecule has 10 aromatic rings. The number of fused-ring (bicyclic) bond motifs is 10. The van der Waals surface area contributed by atoms with Crippen LogP contribution >= 0.6 is 0 Å². The van der Waals surface area contributed by atoms with Gasteiger partial charge in [-0.25, -0.2) is 0 Å². The molecule has 5 heteroatoms. The molecule has 0 N–H and O–H groups in total. The molecule has 0 atom stereocenters. The van der Waals surface area contributed by atoms with Crippen molar-refractivity contribution in [1.82, 2.24) is 0 Å². The molecule has 8 aromatic carbocycles. The number of furan rings is 2. The summed E-state index contributed by atoms with van der Waals surface area (Å²) in [6.07, 6.45) is 6.30. The third-order valence-corrected chi connectivity index (χ3v) is 13.4. The Bertz CT molecular complexity index is 3300. The first kappa shape index (κ1) is 33.0. The van der Waals surface area contributed by atoms with Crippen molar-refractivity contribution in [3.8, 4) is 11.1 Å². The van der Waals surface area contributed by atoms with E-state index in [1.807, 2.05) is 0 Å². The molecule has 2 aliphatic heterocycles. The van der Waals surface area contributed by atoms with Crippen LogP contribution in [0.4, 0.5) is 34.1 Å². The van der Waals surface area contributed by atoms with Gasteiger partial charge in [-0.1, -0.05) is 135 Å². The standard InChI is InChI=1S/C54H39BN2O2/c1-3-15-34(16-4-1)36-32-48-52-49(33-36)57(47-26-14-23-42-40-20-8-12-28-51(40)59-54(42)47)45-25-10-9-24-43(45)55(52)44-31-35(29-30-46(44)56(48)37-17-5-2-6-18-37)38-21-13-22-41-39-19-7-11-27-50(39)58-53(38)41/h2,5-14,17-34H,1,3-4,15-16H2. The molecule has 0 amide bonds. The van der Waals surface area contributed by atoms with E-state index in [1.165, 1.54) is 76.8 Å². The van der Waals surface area contributed by atoms with Crippen LogP contribution < -0.4 is 26.2 Å². The Morgan fingerprint density at radius 3 is 1.85 bits per heavy atom. The van der Waals surface area contributed by atoms with Gasteiger partial charge in [-0.2, -0.15) is 0 Å². The SMILES string of the molecule is c1ccc(N2c3ccc(-c4cccc5c4oc4ccccc45)cc3B3c4ccccc4N(c4cccc5c4oc4ccccc45)c4cc(C5CCCCC5)cc2c43)cc1. The summed E-state index contributed by atoms with van der Waals surface area (Å²) in [5.41, 5.74) is 18.4. The highest BCUT2D eigenvalue weighted by molar-refractivity contribution is 7.00. The summed E-state index contributed by atoms with van der Waals surface area (Å²) in [5.74, 6) is 0.510. The minimum Gasteiger partial charge on any atom is -0.455 e. The molecule has 280 valence electrons. The Hall–Kier alpha value is -6.98. The molecule has 59 heavy (non-hydrogen) atoms. The van der Waals surface area contributed by atoms with Crippen LogP contribution in [0.25, 0.3) is 55.0 Å². The molecule has 4 nitrogen and oxygen atoms in total. The highest BCUT2D eigenvalue weighted by Gasteiger charge is 2.44. The smallest absolute Gasteiger partial charge is 0.252 e. The number of nitrogens with zero attached hydrogens (tertiary/aromatic N) is 2. The van der Waals surface area contributed by atoms with Crippen molar-refractivity contribution in [2.24, 2.45) is 0 Å². The van der Waals surface area contributed by atoms with Gasteiger partial charge in [-0.15, -0.1) is 0 Å². The van der Waals surface area contributed by atoms with Crippen molar-refractivity contribution in [3.63, 3.8) is 0 Å². The molecular weight excluding hydrogens is 719 g/mol. The van der Waals surface area contributed by atoms with Crippen molar-refractivity contribution in [1.29, 1.82) is 0 Å². The zero-order chi connectivity index (χ0) is 38.6. The summed E-state index contributed by atoms with van der Waals surface area (Å²) in [6.45, 7) is -0.00693. The first-order chi connectivity index (χ1) is 29.3. The Balaban J connectivity index is 1.11. The predicted molar refractivity (Wildman–Crippen MR) is 246 cm³/mol. The average Bonchev–Trinajstić information content (AvgIpc) is 3.88. The molecular formula is C54H39BN2O2. The fraction of sp³-hybridized carbons (Fsp3) is 0.111. The predicted octanol–water partition coefficient (Wildman–Crippen LogP) is 13.3. The van der Waals surface area contributed by atoms with Crippen molar-refractivity contribution >= 4 is 101 Å². The summed E-state index contributed by atoms with van der Waals surface area (Å²) in [4.78, 5) is 5.06. The second kappa shape index (κ2) is 12.8. The van der Waals surface area contributed by atoms with Crippen molar-refractivity contribution in [2.75, 3.05) is 9.80 Å². The van der Waals surface area contributed by atoms with E-state index in [0.717, 1.165) is 66.4 Å². The van der Waals surface area contributed by atoms with Crippen LogP contribution in [-0.2, 0) is 0 Å². The Morgan fingerprint density at radius 1 is 0.441 bits per heavy atom. The van der Waals surface area contributed by atoms with E-state index < -0.39 is 0 Å². The molecule has 1 aliphatic carbocycles. The van der Waals surface area contributed by atoms with E-state index in [0.29, 0.717) is 5.92 Å². The lowest BCUT2D eigenvalue weighted by Crippen LogP contribution is -2.61. The van der Waals surface area contributed by atoms with Gasteiger partial charge in [-0.05, 0) is 101 Å². The van der Waals surface area contributed by atoms with E-state index in [4.69, 9.17) is 8.83 Å². The van der Waals surface area contributed by atoms with Gasteiger partial charge in [0.25, 0.3) is 6.71 Å². The first-order valence-corrected chi connectivity index (χ1v) is 21.2. The molecule has 0 unspecified atom stereocenters. The fourth-order valence-electron chi connectivity index (χ4n) is 10.8. The van der Waals surface area contributed by atoms with Crippen LogP contribution in [0.15, 0.2) is 179 Å². The van der Waals surface area contributed by atoms with Gasteiger partial charge >= 0.3 is 0 Å². The highest BCUT2D eigenvalue weighted by Crippen LogP contribution is 2.49. The maximum Gasteiger partial charge on any atom is 0.252 e. The summed E-state index contributed by atoms with van der Waals surface area (Å²) >= 11 is 0. The highest BCUT2D eigenvalue weighted by atomic mass is 16.3. The van der Waals surface area contributed by atoms with Crippen LogP contribution in [0.2, 0.25) is 0 Å². The van der Waals surface area contributed by atoms with Gasteiger partial charge in [-0.3, -0.25) is 0 Å². The van der Waals surface area contributed by atoms with Gasteiger partial charge in [0.1, 0.15) is 16.7 Å². The number of benzene rings is 8. The van der Waals surface area contributed by atoms with E-state index in [1.54, 1.807) is 0 Å². The monoisotopic (exact) mass is 758 g/mol. The van der Waals surface area contributed by atoms with Gasteiger partial charge < -0.3 is 18.6 Å². The van der Waals surface area contributed by atoms with Crippen LogP contribution in [0.3, 0.4) is 0 Å². The van der Waals surface area contributed by atoms with Gasteiger partial charge in [0.15, 0.2) is 5.58 Å². The van der Waals surface area contributed by atoms with Gasteiger partial charge in [0.2, 0.25) is 0 Å². The largest absolute Gasteiger partial charge is 0.455 e. The molecule has 2 aromatic heterocycles. The molecule has 13 rings (SSSR count). The third-order valence-electron chi connectivity index (χ3n) is 13.4. The molecule has 1 saturated carbocycles. The van der Waals surface area contributed by atoms with Crippen LogP contribution in [0.5, 0.6) is 0 Å². The van der Waals surface area contributed by atoms with Gasteiger partial charge in [0.05, 0.1) is 5.69 Å². The molecule has 0 bridgehead atoms. The van der Waals surface area contributed by atoms with Gasteiger partial charge in [0, 0.05) is 55.5 Å². The summed E-state index contributed by atoms with van der Waals surface area (Å²) in [5, 5.41) is 4.56. The number of rotatable bonds is 4. The molecule has 0 spiro atoms. The second-order valence-corrected chi connectivity index (χ2v) is 16.6. The fourth-order valence-corrected chi connectivity index (χ4v) is 10.8. The summed E-state index contributed by atoms with van der Waals surface area (Å²) in [6, 6.07) is 62.3. The molecule has 1 fully saturated rings. The third kappa shape index (κ3) is 4.85. The zero-order valence-electron chi connectivity index (χ0n) is 32.6. The quantitative estimate of drug-likeness (QED) is 0.167. The Morgan fingerprint density at radius 2 is 1.05 bits per heavy atom. The summed E-state index contributed by atoms with van der Waals surface area (Å²) in [7, 11) is 0. The number of anilines is 6. The van der Waals surface area contributed by atoms with E-state index in [2.05, 4.69) is 180 Å². The van der Waals surface area contributed by atoms with Crippen molar-refractivity contribution in [2.45, 2.75) is 38.0 Å². The number of hydrogen-bond acceptors (Lipinski definition) is 4. The first-order valence-electron chi connectivity index (χ1n) is 21.2.